The Morgan fingerprint density at radius 1 is 1.47 bits per heavy atom. The van der Waals surface area contributed by atoms with E-state index in [9.17, 15) is 4.79 Å². The number of rotatable bonds is 9. The minimum atomic E-state index is -0.115. The number of unbranched alkanes of at least 4 members (excludes halogenated alkanes) is 2. The van der Waals surface area contributed by atoms with Gasteiger partial charge in [-0.1, -0.05) is 19.8 Å². The number of aliphatic hydroxyl groups excluding tert-OH is 1. The van der Waals surface area contributed by atoms with Gasteiger partial charge < -0.3 is 10.4 Å². The van der Waals surface area contributed by atoms with Crippen molar-refractivity contribution in [2.24, 2.45) is 0 Å². The van der Waals surface area contributed by atoms with Crippen LogP contribution in [0.15, 0.2) is 0 Å². The lowest BCUT2D eigenvalue weighted by atomic mass is 10.2. The van der Waals surface area contributed by atoms with E-state index in [2.05, 4.69) is 17.1 Å². The molecule has 0 saturated heterocycles. The highest BCUT2D eigenvalue weighted by atomic mass is 16.3. The van der Waals surface area contributed by atoms with Crippen LogP contribution in [0.3, 0.4) is 0 Å². The average Bonchev–Trinajstić information content (AvgIpc) is 3.14. The number of hydrogen-bond donors (Lipinski definition) is 2. The maximum absolute atomic E-state index is 11.9. The Morgan fingerprint density at radius 2 is 2.18 bits per heavy atom. The Labute approximate surface area is 104 Å². The Kier molecular flexibility index (Phi) is 6.52. The van der Waals surface area contributed by atoms with Gasteiger partial charge in [-0.25, -0.2) is 0 Å². The summed E-state index contributed by atoms with van der Waals surface area (Å²) in [4.78, 5) is 14.0. The first kappa shape index (κ1) is 14.5. The van der Waals surface area contributed by atoms with E-state index in [0.29, 0.717) is 12.6 Å². The molecule has 1 amide bonds. The summed E-state index contributed by atoms with van der Waals surface area (Å²) in [6.45, 7) is 5.59. The highest BCUT2D eigenvalue weighted by molar-refractivity contribution is 5.81. The lowest BCUT2D eigenvalue weighted by Gasteiger charge is -2.27. The van der Waals surface area contributed by atoms with Crippen LogP contribution in [0.1, 0.15) is 46.0 Å². The van der Waals surface area contributed by atoms with E-state index < -0.39 is 0 Å². The standard InChI is InChI=1S/C13H26N2O2/c1-3-4-5-8-14-13(17)11(2)15(9-10-16)12-6-7-12/h11-12,16H,3-10H2,1-2H3,(H,14,17). The summed E-state index contributed by atoms with van der Waals surface area (Å²) >= 11 is 0. The van der Waals surface area contributed by atoms with Crippen molar-refractivity contribution >= 4 is 5.91 Å². The molecule has 0 bridgehead atoms. The second kappa shape index (κ2) is 7.67. The molecule has 1 saturated carbocycles. The second-order valence-electron chi connectivity index (χ2n) is 4.87. The van der Waals surface area contributed by atoms with E-state index in [0.717, 1.165) is 32.2 Å². The largest absolute Gasteiger partial charge is 0.395 e. The van der Waals surface area contributed by atoms with Gasteiger partial charge in [-0.15, -0.1) is 0 Å². The summed E-state index contributed by atoms with van der Waals surface area (Å²) in [5, 5.41) is 12.0. The minimum absolute atomic E-state index is 0.0986. The number of nitrogens with one attached hydrogen (secondary N) is 1. The number of nitrogens with zero attached hydrogens (tertiary/aromatic N) is 1. The number of hydrogen-bond acceptors (Lipinski definition) is 3. The number of aliphatic hydroxyl groups is 1. The molecule has 1 atom stereocenters. The highest BCUT2D eigenvalue weighted by Gasteiger charge is 2.34. The molecule has 0 aromatic carbocycles. The maximum atomic E-state index is 11.9. The first-order valence-electron chi connectivity index (χ1n) is 6.85. The summed E-state index contributed by atoms with van der Waals surface area (Å²) in [5.41, 5.74) is 0. The Hall–Kier alpha value is -0.610. The molecule has 1 aliphatic rings. The molecule has 0 spiro atoms. The predicted octanol–water partition coefficient (Wildman–Crippen LogP) is 1.14. The average molecular weight is 242 g/mol. The van der Waals surface area contributed by atoms with Gasteiger partial charge in [0.15, 0.2) is 0 Å². The lowest BCUT2D eigenvalue weighted by Crippen LogP contribution is -2.47. The fraction of sp³-hybridized carbons (Fsp3) is 0.923. The van der Waals surface area contributed by atoms with Gasteiger partial charge in [0.2, 0.25) is 5.91 Å². The molecule has 0 radical (unpaired) electrons. The van der Waals surface area contributed by atoms with Gasteiger partial charge >= 0.3 is 0 Å². The fourth-order valence-electron chi connectivity index (χ4n) is 2.10. The van der Waals surface area contributed by atoms with Gasteiger partial charge in [-0.3, -0.25) is 9.69 Å². The van der Waals surface area contributed by atoms with Crippen LogP contribution in [0.2, 0.25) is 0 Å². The number of carbonyl (C=O) groups is 1. The first-order chi connectivity index (χ1) is 8.20. The molecular weight excluding hydrogens is 216 g/mol. The van der Waals surface area contributed by atoms with E-state index >= 15 is 0 Å². The molecule has 0 heterocycles. The van der Waals surface area contributed by atoms with E-state index in [1.165, 1.54) is 6.42 Å². The molecule has 4 heteroatoms. The quantitative estimate of drug-likeness (QED) is 0.596. The molecule has 1 fully saturated rings. The lowest BCUT2D eigenvalue weighted by molar-refractivity contribution is -0.126. The summed E-state index contributed by atoms with van der Waals surface area (Å²) in [7, 11) is 0. The summed E-state index contributed by atoms with van der Waals surface area (Å²) in [6, 6.07) is 0.398. The van der Waals surface area contributed by atoms with Crippen molar-refractivity contribution in [1.29, 1.82) is 0 Å². The van der Waals surface area contributed by atoms with E-state index in [1.807, 2.05) is 6.92 Å². The monoisotopic (exact) mass is 242 g/mol. The van der Waals surface area contributed by atoms with Gasteiger partial charge in [0.25, 0.3) is 0 Å². The molecule has 100 valence electrons. The first-order valence-corrected chi connectivity index (χ1v) is 6.85. The summed E-state index contributed by atoms with van der Waals surface area (Å²) in [5.74, 6) is 0.0986. The van der Waals surface area contributed by atoms with Gasteiger partial charge in [0.05, 0.1) is 12.6 Å². The third kappa shape index (κ3) is 5.04. The van der Waals surface area contributed by atoms with E-state index in [4.69, 9.17) is 5.11 Å². The molecule has 2 N–H and O–H groups in total. The van der Waals surface area contributed by atoms with Crippen LogP contribution >= 0.6 is 0 Å². The van der Waals surface area contributed by atoms with Gasteiger partial charge in [-0.2, -0.15) is 0 Å². The molecule has 0 aromatic heterocycles. The van der Waals surface area contributed by atoms with Gasteiger partial charge in [0, 0.05) is 19.1 Å². The summed E-state index contributed by atoms with van der Waals surface area (Å²) < 4.78 is 0. The SMILES string of the molecule is CCCCCNC(=O)C(C)N(CCO)C1CC1. The third-order valence-electron chi connectivity index (χ3n) is 3.33. The number of carbonyl (C=O) groups excluding carboxylic acids is 1. The van der Waals surface area contributed by atoms with Crippen molar-refractivity contribution in [3.63, 3.8) is 0 Å². The van der Waals surface area contributed by atoms with Crippen molar-refractivity contribution in [3.8, 4) is 0 Å². The van der Waals surface area contributed by atoms with E-state index in [1.54, 1.807) is 0 Å². The van der Waals surface area contributed by atoms with Crippen LogP contribution in [0.25, 0.3) is 0 Å². The highest BCUT2D eigenvalue weighted by Crippen LogP contribution is 2.28. The zero-order valence-electron chi connectivity index (χ0n) is 11.1. The van der Waals surface area contributed by atoms with Crippen LogP contribution in [-0.2, 0) is 4.79 Å². The van der Waals surface area contributed by atoms with Crippen molar-refractivity contribution in [1.82, 2.24) is 10.2 Å². The molecule has 0 aromatic rings. The molecule has 4 nitrogen and oxygen atoms in total. The smallest absolute Gasteiger partial charge is 0.237 e. The fourth-order valence-corrected chi connectivity index (χ4v) is 2.10. The zero-order valence-corrected chi connectivity index (χ0v) is 11.1. The normalized spacial score (nSPS) is 17.2. The molecule has 1 unspecified atom stereocenters. The van der Waals surface area contributed by atoms with Crippen molar-refractivity contribution < 1.29 is 9.90 Å². The van der Waals surface area contributed by atoms with Crippen LogP contribution < -0.4 is 5.32 Å². The van der Waals surface area contributed by atoms with E-state index in [-0.39, 0.29) is 18.6 Å². The van der Waals surface area contributed by atoms with Crippen LogP contribution in [0.4, 0.5) is 0 Å². The predicted molar refractivity (Wildman–Crippen MR) is 68.8 cm³/mol. The molecular formula is C13H26N2O2. The molecule has 17 heavy (non-hydrogen) atoms. The summed E-state index contributed by atoms with van der Waals surface area (Å²) in [6.07, 6.45) is 5.71. The van der Waals surface area contributed by atoms with Crippen molar-refractivity contribution in [2.75, 3.05) is 19.7 Å². The molecule has 1 aliphatic carbocycles. The van der Waals surface area contributed by atoms with Gasteiger partial charge in [-0.05, 0) is 26.2 Å². The topological polar surface area (TPSA) is 52.6 Å². The maximum Gasteiger partial charge on any atom is 0.237 e. The van der Waals surface area contributed by atoms with Crippen LogP contribution in [-0.4, -0.2) is 47.7 Å². The van der Waals surface area contributed by atoms with Crippen molar-refractivity contribution in [2.45, 2.75) is 58.0 Å². The second-order valence-corrected chi connectivity index (χ2v) is 4.87. The minimum Gasteiger partial charge on any atom is -0.395 e. The third-order valence-corrected chi connectivity index (χ3v) is 3.33. The Balaban J connectivity index is 2.27. The van der Waals surface area contributed by atoms with Gasteiger partial charge in [0.1, 0.15) is 0 Å². The van der Waals surface area contributed by atoms with Crippen LogP contribution in [0, 0.1) is 0 Å². The zero-order chi connectivity index (χ0) is 12.7. The molecule has 0 aliphatic heterocycles. The van der Waals surface area contributed by atoms with Crippen molar-refractivity contribution in [3.05, 3.63) is 0 Å². The van der Waals surface area contributed by atoms with Crippen LogP contribution in [0.5, 0.6) is 0 Å². The Morgan fingerprint density at radius 3 is 2.71 bits per heavy atom. The Bertz CT molecular complexity index is 229. The molecule has 1 rings (SSSR count). The number of amides is 1.